The van der Waals surface area contributed by atoms with Crippen molar-refractivity contribution in [2.75, 3.05) is 38.0 Å². The van der Waals surface area contributed by atoms with Gasteiger partial charge in [0, 0.05) is 43.5 Å². The van der Waals surface area contributed by atoms with Crippen molar-refractivity contribution in [3.8, 4) is 11.5 Å². The smallest absolute Gasteiger partial charge is 0.196 e. The lowest BCUT2D eigenvalue weighted by molar-refractivity contribution is 0.104. The van der Waals surface area contributed by atoms with Gasteiger partial charge in [-0.05, 0) is 69.0 Å². The third-order valence-corrected chi connectivity index (χ3v) is 8.09. The summed E-state index contributed by atoms with van der Waals surface area (Å²) in [6.45, 7) is 5.62. The minimum Gasteiger partial charge on any atom is -0.457 e. The molecule has 8 nitrogen and oxygen atoms in total. The van der Waals surface area contributed by atoms with Gasteiger partial charge in [0.25, 0.3) is 0 Å². The monoisotopic (exact) mass is 544 g/mol. The van der Waals surface area contributed by atoms with E-state index in [9.17, 15) is 4.79 Å². The number of aromatic nitrogens is 3. The molecule has 9 heteroatoms. The summed E-state index contributed by atoms with van der Waals surface area (Å²) in [6.07, 6.45) is 7.85. The van der Waals surface area contributed by atoms with E-state index in [2.05, 4.69) is 30.5 Å². The van der Waals surface area contributed by atoms with Crippen molar-refractivity contribution in [1.29, 1.82) is 0 Å². The van der Waals surface area contributed by atoms with E-state index in [1.165, 1.54) is 25.7 Å². The molecule has 0 saturated carbocycles. The van der Waals surface area contributed by atoms with Gasteiger partial charge in [0.05, 0.1) is 16.0 Å². The predicted octanol–water partition coefficient (Wildman–Crippen LogP) is 5.51. The minimum absolute atomic E-state index is 0.188. The number of hydrogen-bond donors (Lipinski definition) is 3. The van der Waals surface area contributed by atoms with Crippen LogP contribution in [0.15, 0.2) is 61.1 Å². The van der Waals surface area contributed by atoms with Crippen molar-refractivity contribution in [2.24, 2.45) is 5.92 Å². The minimum atomic E-state index is -0.188. The lowest BCUT2D eigenvalue weighted by Gasteiger charge is -2.35. The number of benzene rings is 2. The summed E-state index contributed by atoms with van der Waals surface area (Å²) in [5.41, 5.74) is 1.52. The maximum absolute atomic E-state index is 13.6. The summed E-state index contributed by atoms with van der Waals surface area (Å²) in [4.78, 5) is 28.3. The molecule has 0 unspecified atom stereocenters. The Morgan fingerprint density at radius 3 is 2.56 bits per heavy atom. The van der Waals surface area contributed by atoms with Gasteiger partial charge in [-0.3, -0.25) is 4.79 Å². The highest BCUT2D eigenvalue weighted by molar-refractivity contribution is 6.35. The number of nitrogens with zero attached hydrogens (tertiary/aromatic N) is 3. The standard InChI is InChI=1S/C30H33ClN6O2/c31-26-16-23(39-22-4-2-1-3-5-22)6-7-24(26)28(38)25-17-33-29-27(25)30(35-19-34-29)36-21-10-14-37(15-11-21)18-20-8-12-32-13-9-20/h1-7,16-17,19-21,32H,8-15,18H2,(H2,33,34,35,36). The van der Waals surface area contributed by atoms with Crippen LogP contribution in [-0.2, 0) is 0 Å². The van der Waals surface area contributed by atoms with Crippen LogP contribution < -0.4 is 15.4 Å². The van der Waals surface area contributed by atoms with Crippen LogP contribution in [0.3, 0.4) is 0 Å². The predicted molar refractivity (Wildman–Crippen MR) is 154 cm³/mol. The van der Waals surface area contributed by atoms with Gasteiger partial charge in [0.2, 0.25) is 0 Å². The van der Waals surface area contributed by atoms with Gasteiger partial charge < -0.3 is 25.3 Å². The number of carbonyl (C=O) groups excluding carboxylic acids is 1. The molecule has 2 aromatic carbocycles. The third-order valence-electron chi connectivity index (χ3n) is 7.78. The number of para-hydroxylation sites is 1. The number of halogens is 1. The Hall–Kier alpha value is -3.46. The summed E-state index contributed by atoms with van der Waals surface area (Å²) in [7, 11) is 0. The van der Waals surface area contributed by atoms with Crippen molar-refractivity contribution < 1.29 is 9.53 Å². The first-order chi connectivity index (χ1) is 19.1. The Labute approximate surface area is 233 Å². The van der Waals surface area contributed by atoms with E-state index in [1.54, 1.807) is 24.4 Å². The summed E-state index contributed by atoms with van der Waals surface area (Å²) in [6, 6.07) is 14.9. The number of likely N-dealkylation sites (tertiary alicyclic amines) is 1. The highest BCUT2D eigenvalue weighted by Crippen LogP contribution is 2.32. The number of nitrogens with one attached hydrogen (secondary N) is 3. The first-order valence-corrected chi connectivity index (χ1v) is 14.1. The number of ether oxygens (including phenoxy) is 1. The van der Waals surface area contributed by atoms with Crippen LogP contribution in [0.4, 0.5) is 5.82 Å². The second-order valence-electron chi connectivity index (χ2n) is 10.4. The van der Waals surface area contributed by atoms with Crippen molar-refractivity contribution in [1.82, 2.24) is 25.2 Å². The number of aromatic amines is 1. The molecule has 4 heterocycles. The van der Waals surface area contributed by atoms with E-state index in [0.717, 1.165) is 44.9 Å². The van der Waals surface area contributed by atoms with Crippen molar-refractivity contribution in [3.05, 3.63) is 77.2 Å². The molecular weight excluding hydrogens is 512 g/mol. The first-order valence-electron chi connectivity index (χ1n) is 13.7. The van der Waals surface area contributed by atoms with Crippen LogP contribution in [-0.4, -0.2) is 64.4 Å². The Balaban J connectivity index is 1.16. The molecule has 2 aliphatic rings. The largest absolute Gasteiger partial charge is 0.457 e. The van der Waals surface area contributed by atoms with Gasteiger partial charge in [0.15, 0.2) is 5.78 Å². The number of H-pyrrole nitrogens is 1. The fourth-order valence-corrected chi connectivity index (χ4v) is 5.90. The molecule has 0 amide bonds. The van der Waals surface area contributed by atoms with Crippen molar-refractivity contribution in [2.45, 2.75) is 31.7 Å². The van der Waals surface area contributed by atoms with E-state index < -0.39 is 0 Å². The van der Waals surface area contributed by atoms with Crippen molar-refractivity contribution in [3.63, 3.8) is 0 Å². The highest BCUT2D eigenvalue weighted by Gasteiger charge is 2.25. The van der Waals surface area contributed by atoms with Crippen molar-refractivity contribution >= 4 is 34.2 Å². The molecular formula is C30H33ClN6O2. The lowest BCUT2D eigenvalue weighted by atomic mass is 9.96. The first kappa shape index (κ1) is 25.8. The highest BCUT2D eigenvalue weighted by atomic mass is 35.5. The number of ketones is 1. The Morgan fingerprint density at radius 2 is 1.79 bits per heavy atom. The van der Waals surface area contributed by atoms with Gasteiger partial charge in [0.1, 0.15) is 29.3 Å². The summed E-state index contributed by atoms with van der Waals surface area (Å²) in [5, 5.41) is 8.10. The van der Waals surface area contributed by atoms with Gasteiger partial charge >= 0.3 is 0 Å². The van der Waals surface area contributed by atoms with E-state index in [4.69, 9.17) is 16.3 Å². The van der Waals surface area contributed by atoms with Crippen LogP contribution >= 0.6 is 11.6 Å². The van der Waals surface area contributed by atoms with Crippen LogP contribution in [0.5, 0.6) is 11.5 Å². The van der Waals surface area contributed by atoms with Crippen LogP contribution in [0.25, 0.3) is 11.0 Å². The molecule has 2 aliphatic heterocycles. The number of rotatable bonds is 8. The Kier molecular flexibility index (Phi) is 7.76. The van der Waals surface area contributed by atoms with Gasteiger partial charge in [-0.25, -0.2) is 9.97 Å². The zero-order valence-corrected chi connectivity index (χ0v) is 22.6. The lowest BCUT2D eigenvalue weighted by Crippen LogP contribution is -2.43. The van der Waals surface area contributed by atoms with E-state index >= 15 is 0 Å². The number of piperidine rings is 2. The molecule has 2 fully saturated rings. The zero-order valence-electron chi connectivity index (χ0n) is 21.8. The average Bonchev–Trinajstić information content (AvgIpc) is 3.40. The van der Waals surface area contributed by atoms with Gasteiger partial charge in [-0.2, -0.15) is 0 Å². The molecule has 6 rings (SSSR count). The molecule has 2 saturated heterocycles. The quantitative estimate of drug-likeness (QED) is 0.252. The summed E-state index contributed by atoms with van der Waals surface area (Å²) in [5.74, 6) is 2.57. The molecule has 0 atom stereocenters. The fraction of sp³-hybridized carbons (Fsp3) is 0.367. The molecule has 39 heavy (non-hydrogen) atoms. The topological polar surface area (TPSA) is 95.2 Å². The van der Waals surface area contributed by atoms with E-state index in [-0.39, 0.29) is 5.78 Å². The van der Waals surface area contributed by atoms with Crippen LogP contribution in [0.1, 0.15) is 41.6 Å². The number of fused-ring (bicyclic) bond motifs is 1. The number of anilines is 1. The summed E-state index contributed by atoms with van der Waals surface area (Å²) < 4.78 is 5.87. The van der Waals surface area contributed by atoms with Gasteiger partial charge in [-0.1, -0.05) is 29.8 Å². The van der Waals surface area contributed by atoms with E-state index in [0.29, 0.717) is 50.5 Å². The molecule has 2 aromatic heterocycles. The molecule has 0 radical (unpaired) electrons. The maximum Gasteiger partial charge on any atom is 0.196 e. The van der Waals surface area contributed by atoms with Crippen LogP contribution in [0.2, 0.25) is 5.02 Å². The second kappa shape index (κ2) is 11.7. The zero-order chi connectivity index (χ0) is 26.6. The van der Waals surface area contributed by atoms with Crippen LogP contribution in [0, 0.1) is 5.92 Å². The maximum atomic E-state index is 13.6. The molecule has 0 bridgehead atoms. The SMILES string of the molecule is O=C(c1ccc(Oc2ccccc2)cc1Cl)c1c[nH]c2ncnc(NC3CCN(CC4CCNCC4)CC3)c12. The molecule has 3 N–H and O–H groups in total. The third kappa shape index (κ3) is 5.93. The molecule has 0 spiro atoms. The Morgan fingerprint density at radius 1 is 1.00 bits per heavy atom. The summed E-state index contributed by atoms with van der Waals surface area (Å²) >= 11 is 6.57. The Bertz CT molecular complexity index is 1430. The fourth-order valence-electron chi connectivity index (χ4n) is 5.65. The number of carbonyl (C=O) groups is 1. The molecule has 202 valence electrons. The normalized spacial score (nSPS) is 17.4. The average molecular weight is 545 g/mol. The van der Waals surface area contributed by atoms with Gasteiger partial charge in [-0.15, -0.1) is 0 Å². The number of hydrogen-bond acceptors (Lipinski definition) is 7. The second-order valence-corrected chi connectivity index (χ2v) is 10.9. The molecule has 0 aliphatic carbocycles. The van der Waals surface area contributed by atoms with E-state index in [1.807, 2.05) is 30.3 Å². The molecule has 4 aromatic rings.